The first-order valence-electron chi connectivity index (χ1n) is 24.9. The molecule has 0 saturated carbocycles. The fraction of sp³-hybridized carbons (Fsp3) is 0.574. The zero-order chi connectivity index (χ0) is 53.9. The van der Waals surface area contributed by atoms with E-state index in [2.05, 4.69) is 121 Å². The largest absolute Gasteiger partial charge is 0.373 e. The van der Waals surface area contributed by atoms with Crippen molar-refractivity contribution in [3.63, 3.8) is 0 Å². The van der Waals surface area contributed by atoms with Crippen LogP contribution in [-0.2, 0) is 47.9 Å². The Bertz CT molecular complexity index is 2220. The molecule has 2 aromatic carbocycles. The number of likely N-dealkylation sites (N-methyl/N-ethyl adjacent to an activating group) is 1. The van der Waals surface area contributed by atoms with Crippen molar-refractivity contribution < 1.29 is 46.2 Å². The lowest BCUT2D eigenvalue weighted by Crippen LogP contribution is -2.49. The van der Waals surface area contributed by atoms with Gasteiger partial charge in [0, 0.05) is 98.9 Å². The number of fused-ring (bicyclic) bond motifs is 2. The first-order valence-corrected chi connectivity index (χ1v) is 28.9. The lowest BCUT2D eigenvalue weighted by atomic mass is 9.69. The molecule has 5 rings (SSSR count). The van der Waals surface area contributed by atoms with Crippen molar-refractivity contribution in [2.75, 3.05) is 55.8 Å². The predicted octanol–water partition coefficient (Wildman–Crippen LogP) is 14.0. The highest BCUT2D eigenvalue weighted by molar-refractivity contribution is 7.95. The second kappa shape index (κ2) is 30.1. The molecule has 3 aliphatic rings. The molecule has 1 fully saturated rings. The van der Waals surface area contributed by atoms with Gasteiger partial charge in [-0.25, -0.2) is 4.79 Å². The van der Waals surface area contributed by atoms with Gasteiger partial charge >= 0.3 is 5.97 Å². The molecule has 0 spiro atoms. The molecule has 2 N–H and O–H groups in total. The fourth-order valence-electron chi connectivity index (χ4n) is 9.12. The summed E-state index contributed by atoms with van der Waals surface area (Å²) in [6.45, 7) is 23.5. The van der Waals surface area contributed by atoms with Crippen LogP contribution in [0.1, 0.15) is 139 Å². The number of carbonyl (C=O) groups excluding carboxylic acids is 3. The van der Waals surface area contributed by atoms with Crippen LogP contribution in [0, 0.1) is 0 Å². The smallest absolute Gasteiger partial charge is 0.333 e. The van der Waals surface area contributed by atoms with Crippen LogP contribution in [0.4, 0.5) is 11.4 Å². The number of anilines is 2. The molecule has 18 heteroatoms. The van der Waals surface area contributed by atoms with Gasteiger partial charge in [0.1, 0.15) is 0 Å². The Labute approximate surface area is 451 Å². The van der Waals surface area contributed by atoms with Crippen LogP contribution in [0.3, 0.4) is 0 Å². The Morgan fingerprint density at radius 2 is 1.38 bits per heavy atom. The minimum atomic E-state index is -0.843. The van der Waals surface area contributed by atoms with Gasteiger partial charge in [-0.2, -0.15) is 0 Å². The van der Waals surface area contributed by atoms with Crippen LogP contribution in [0.15, 0.2) is 93.5 Å². The van der Waals surface area contributed by atoms with E-state index < -0.39 is 39.5 Å². The molecule has 0 aliphatic carbocycles. The van der Waals surface area contributed by atoms with Crippen molar-refractivity contribution in [2.45, 2.75) is 165 Å². The molecule has 72 heavy (non-hydrogen) atoms. The third-order valence-electron chi connectivity index (χ3n) is 12.7. The lowest BCUT2D eigenvalue weighted by molar-refractivity contribution is -0.198. The number of nitrogens with zero attached hydrogens (tertiary/aromatic N) is 3. The highest BCUT2D eigenvalue weighted by atomic mass is 32.2. The lowest BCUT2D eigenvalue weighted by Gasteiger charge is -2.44. The van der Waals surface area contributed by atoms with Crippen molar-refractivity contribution in [3.05, 3.63) is 94.9 Å². The number of hydroxylamine groups is 2. The molecule has 3 aliphatic heterocycles. The van der Waals surface area contributed by atoms with Gasteiger partial charge in [-0.3, -0.25) is 9.59 Å². The fourth-order valence-corrected chi connectivity index (χ4v) is 10.9. The molecular formula is C54H82N3O10PS4. The number of hydrogen-bond acceptors (Lipinski definition) is 16. The molecule has 4 unspecified atom stereocenters. The van der Waals surface area contributed by atoms with Crippen LogP contribution < -0.4 is 9.80 Å². The Balaban J connectivity index is 0.00000334. The van der Waals surface area contributed by atoms with Crippen LogP contribution in [-0.4, -0.2) is 94.9 Å². The van der Waals surface area contributed by atoms with Crippen LogP contribution in [0.25, 0.3) is 0 Å². The molecule has 0 bridgehead atoms. The average molecular weight is 1090 g/mol. The highest BCUT2D eigenvalue weighted by Crippen LogP contribution is 2.55. The Kier molecular flexibility index (Phi) is 26.5. The van der Waals surface area contributed by atoms with Gasteiger partial charge in [0.25, 0.3) is 11.8 Å². The second-order valence-electron chi connectivity index (χ2n) is 18.8. The quantitative estimate of drug-likeness (QED) is 0.0302. The van der Waals surface area contributed by atoms with Crippen LogP contribution >= 0.6 is 57.4 Å². The summed E-state index contributed by atoms with van der Waals surface area (Å²) in [5.41, 5.74) is 6.25. The number of ether oxygens (including phenoxy) is 2. The number of imide groups is 1. The van der Waals surface area contributed by atoms with Gasteiger partial charge in [-0.05, 0) is 157 Å². The van der Waals surface area contributed by atoms with Crippen LogP contribution in [0.5, 0.6) is 0 Å². The summed E-state index contributed by atoms with van der Waals surface area (Å²) >= 11 is 4.37. The van der Waals surface area contributed by atoms with Gasteiger partial charge in [-0.1, -0.05) is 58.9 Å². The van der Waals surface area contributed by atoms with Crippen molar-refractivity contribution in [1.82, 2.24) is 5.06 Å². The number of allylic oxidation sites excluding steroid dienone is 7. The van der Waals surface area contributed by atoms with E-state index in [4.69, 9.17) is 22.7 Å². The third-order valence-corrected chi connectivity index (χ3v) is 15.3. The summed E-state index contributed by atoms with van der Waals surface area (Å²) in [4.78, 5) is 48.6. The summed E-state index contributed by atoms with van der Waals surface area (Å²) in [6, 6.07) is 12.9. The maximum Gasteiger partial charge on any atom is 0.333 e. The minimum absolute atomic E-state index is 0.0304. The number of benzene rings is 2. The molecule has 3 heterocycles. The monoisotopic (exact) mass is 1090 g/mol. The number of hydrogen-bond donors (Lipinski definition) is 2. The molecule has 2 amide bonds. The van der Waals surface area contributed by atoms with E-state index in [-0.39, 0.29) is 38.4 Å². The highest BCUT2D eigenvalue weighted by Gasteiger charge is 2.48. The van der Waals surface area contributed by atoms with Gasteiger partial charge in [0.15, 0.2) is 0 Å². The Morgan fingerprint density at radius 1 is 0.833 bits per heavy atom. The summed E-state index contributed by atoms with van der Waals surface area (Å²) in [7, 11) is 8.14. The summed E-state index contributed by atoms with van der Waals surface area (Å²) in [6.07, 6.45) is 14.1. The zero-order valence-electron chi connectivity index (χ0n) is 45.1. The molecular weight excluding hydrogens is 1010 g/mol. The van der Waals surface area contributed by atoms with Gasteiger partial charge < -0.3 is 41.6 Å². The van der Waals surface area contributed by atoms with E-state index in [1.54, 1.807) is 14.2 Å². The maximum atomic E-state index is 12.8. The standard InChI is InChI=1S/C50H70N3O10PS4.2C2H6/c1-34(2)61-32-42-37(48(5,25-14-28-65-57)38-30-35(67-59-9)18-20-40(38)51(42)8)16-12-11-13-17-43-49(6,26-15-29-66-58)39-31-36(68-60-10)19-21-41(39)52(43)47(3,4)33-62-50(7,64)27-24-46(56)63-53-44(54)22-23-45(53)55;2*1-2/h11-13,16-21,30-31,34,57-58H,14-15,22-29,32-33,64H2,1-10H3;2*1-2H3/b13-11+,16-12+,43-17+;;. The molecule has 2 aromatic rings. The number of amides is 2. The molecule has 402 valence electrons. The topological polar surface area (TPSA) is 148 Å². The van der Waals surface area contributed by atoms with Gasteiger partial charge in [-0.15, -0.1) is 14.3 Å². The summed E-state index contributed by atoms with van der Waals surface area (Å²) in [5, 5.41) is -0.271. The Morgan fingerprint density at radius 3 is 1.92 bits per heavy atom. The normalized spacial score (nSPS) is 20.3. The van der Waals surface area contributed by atoms with E-state index in [0.717, 1.165) is 93.5 Å². The van der Waals surface area contributed by atoms with E-state index in [9.17, 15) is 23.5 Å². The molecule has 0 radical (unpaired) electrons. The number of rotatable bonds is 26. The van der Waals surface area contributed by atoms with Gasteiger partial charge in [0.05, 0.1) is 50.8 Å². The first kappa shape index (κ1) is 63.5. The third kappa shape index (κ3) is 16.4. The van der Waals surface area contributed by atoms with E-state index >= 15 is 0 Å². The van der Waals surface area contributed by atoms with E-state index in [0.29, 0.717) is 23.2 Å². The predicted molar refractivity (Wildman–Crippen MR) is 305 cm³/mol. The van der Waals surface area contributed by atoms with Crippen molar-refractivity contribution in [3.8, 4) is 0 Å². The minimum Gasteiger partial charge on any atom is -0.373 e. The summed E-state index contributed by atoms with van der Waals surface area (Å²) < 4.78 is 43.5. The van der Waals surface area contributed by atoms with E-state index in [1.807, 2.05) is 48.5 Å². The molecule has 4 atom stereocenters. The van der Waals surface area contributed by atoms with Crippen molar-refractivity contribution in [2.24, 2.45) is 0 Å². The first-order chi connectivity index (χ1) is 34.3. The van der Waals surface area contributed by atoms with Crippen molar-refractivity contribution in [1.29, 1.82) is 0 Å². The van der Waals surface area contributed by atoms with E-state index in [1.165, 1.54) is 29.6 Å². The second-order valence-corrected chi connectivity index (χ2v) is 23.3. The van der Waals surface area contributed by atoms with Crippen molar-refractivity contribution >= 4 is 86.6 Å². The number of carbonyl (C=O) groups is 3. The molecule has 13 nitrogen and oxygen atoms in total. The molecule has 1 saturated heterocycles. The molecule has 0 aromatic heterocycles. The summed E-state index contributed by atoms with van der Waals surface area (Å²) in [5.74, 6) is -0.509. The maximum absolute atomic E-state index is 12.8. The van der Waals surface area contributed by atoms with Crippen LogP contribution in [0.2, 0.25) is 0 Å². The Hall–Kier alpha value is -2.80. The average Bonchev–Trinajstić information content (AvgIpc) is 3.80. The zero-order valence-corrected chi connectivity index (χ0v) is 49.5. The van der Waals surface area contributed by atoms with Gasteiger partial charge in [0.2, 0.25) is 0 Å². The SMILES string of the molecule is CC.CC.COSc1ccc2c(c1)C(C)(CCCSO)C(/C=C/C=C/C=C1/N(C(C)(C)COC(C)(P)CCC(=O)ON3C(=O)CCC3=O)c3ccc(SOC)cc3C1(C)CCCSO)=C(COC(C)C)N2C.